The van der Waals surface area contributed by atoms with E-state index in [-0.39, 0.29) is 5.91 Å². The van der Waals surface area contributed by atoms with Crippen LogP contribution >= 0.6 is 0 Å². The molecule has 2 aromatic rings. The summed E-state index contributed by atoms with van der Waals surface area (Å²) in [6.45, 7) is 5.75. The molecule has 0 bridgehead atoms. The van der Waals surface area contributed by atoms with Gasteiger partial charge < -0.3 is 9.80 Å². The Kier molecular flexibility index (Phi) is 3.88. The normalized spacial score (nSPS) is 14.5. The zero-order chi connectivity index (χ0) is 15.7. The van der Waals surface area contributed by atoms with Crippen LogP contribution < -0.4 is 9.80 Å². The molecular weight excluding hydrogens is 272 g/mol. The van der Waals surface area contributed by atoms with Crippen molar-refractivity contribution in [3.8, 4) is 0 Å². The number of rotatable bonds is 1. The molecule has 0 spiro atoms. The zero-order valence-electron chi connectivity index (χ0n) is 13.5. The summed E-state index contributed by atoms with van der Waals surface area (Å²) in [5.41, 5.74) is 5.09. The SMILES string of the molecule is Cc1ccc(C)c(C(=O)N2CCCN(C)c3ccccc32)c1. The number of benzene rings is 2. The molecule has 0 saturated heterocycles. The first-order chi connectivity index (χ1) is 10.6. The van der Waals surface area contributed by atoms with Crippen molar-refractivity contribution in [1.82, 2.24) is 0 Å². The van der Waals surface area contributed by atoms with Crippen LogP contribution in [0.5, 0.6) is 0 Å². The molecule has 0 aliphatic carbocycles. The smallest absolute Gasteiger partial charge is 0.258 e. The third-order valence-electron chi connectivity index (χ3n) is 4.33. The van der Waals surface area contributed by atoms with Gasteiger partial charge in [-0.1, -0.05) is 29.8 Å². The van der Waals surface area contributed by atoms with E-state index in [4.69, 9.17) is 0 Å². The Labute approximate surface area is 132 Å². The fourth-order valence-corrected chi connectivity index (χ4v) is 3.04. The summed E-state index contributed by atoms with van der Waals surface area (Å²) >= 11 is 0. The number of amides is 1. The summed E-state index contributed by atoms with van der Waals surface area (Å²) in [6, 6.07) is 14.2. The maximum absolute atomic E-state index is 13.1. The van der Waals surface area contributed by atoms with Crippen molar-refractivity contribution >= 4 is 17.3 Å². The van der Waals surface area contributed by atoms with E-state index >= 15 is 0 Å². The van der Waals surface area contributed by atoms with Crippen molar-refractivity contribution in [2.75, 3.05) is 29.9 Å². The van der Waals surface area contributed by atoms with Crippen molar-refractivity contribution in [2.45, 2.75) is 20.3 Å². The minimum atomic E-state index is 0.101. The number of anilines is 2. The van der Waals surface area contributed by atoms with Gasteiger partial charge in [-0.15, -0.1) is 0 Å². The lowest BCUT2D eigenvalue weighted by molar-refractivity contribution is 0.0986. The van der Waals surface area contributed by atoms with Crippen LogP contribution in [0.2, 0.25) is 0 Å². The molecule has 0 atom stereocenters. The van der Waals surface area contributed by atoms with Crippen molar-refractivity contribution < 1.29 is 4.79 Å². The number of hydrogen-bond donors (Lipinski definition) is 0. The monoisotopic (exact) mass is 294 g/mol. The third-order valence-corrected chi connectivity index (χ3v) is 4.33. The van der Waals surface area contributed by atoms with E-state index in [1.165, 1.54) is 0 Å². The first-order valence-electron chi connectivity index (χ1n) is 7.77. The van der Waals surface area contributed by atoms with Gasteiger partial charge in [0.05, 0.1) is 11.4 Å². The largest absolute Gasteiger partial charge is 0.373 e. The number of nitrogens with zero attached hydrogens (tertiary/aromatic N) is 2. The molecule has 0 aromatic heterocycles. The Hall–Kier alpha value is -2.29. The molecule has 3 heteroatoms. The van der Waals surface area contributed by atoms with Gasteiger partial charge in [-0.05, 0) is 44.0 Å². The van der Waals surface area contributed by atoms with Crippen molar-refractivity contribution in [1.29, 1.82) is 0 Å². The Morgan fingerprint density at radius 1 is 1.00 bits per heavy atom. The van der Waals surface area contributed by atoms with Gasteiger partial charge in [0.25, 0.3) is 5.91 Å². The molecule has 114 valence electrons. The molecule has 0 saturated carbocycles. The molecule has 1 heterocycles. The van der Waals surface area contributed by atoms with Crippen LogP contribution in [0.25, 0.3) is 0 Å². The number of aryl methyl sites for hydroxylation is 2. The van der Waals surface area contributed by atoms with E-state index in [2.05, 4.69) is 24.1 Å². The second-order valence-corrected chi connectivity index (χ2v) is 6.04. The second-order valence-electron chi connectivity index (χ2n) is 6.04. The van der Waals surface area contributed by atoms with Crippen molar-refractivity contribution in [3.63, 3.8) is 0 Å². The Bertz CT molecular complexity index is 708. The van der Waals surface area contributed by atoms with E-state index in [1.807, 2.05) is 49.1 Å². The summed E-state index contributed by atoms with van der Waals surface area (Å²) in [6.07, 6.45) is 0.974. The van der Waals surface area contributed by atoms with E-state index in [0.717, 1.165) is 47.6 Å². The molecule has 1 aliphatic heterocycles. The lowest BCUT2D eigenvalue weighted by atomic mass is 10.0. The van der Waals surface area contributed by atoms with Crippen LogP contribution in [0.1, 0.15) is 27.9 Å². The molecule has 0 fully saturated rings. The minimum Gasteiger partial charge on any atom is -0.373 e. The van der Waals surface area contributed by atoms with E-state index in [0.29, 0.717) is 0 Å². The van der Waals surface area contributed by atoms with Crippen molar-refractivity contribution in [2.24, 2.45) is 0 Å². The second kappa shape index (κ2) is 5.84. The predicted octanol–water partition coefficient (Wildman–Crippen LogP) is 3.79. The Morgan fingerprint density at radius 2 is 1.73 bits per heavy atom. The van der Waals surface area contributed by atoms with Gasteiger partial charge in [-0.25, -0.2) is 0 Å². The molecule has 2 aromatic carbocycles. The fraction of sp³-hybridized carbons (Fsp3) is 0.316. The number of carbonyl (C=O) groups excluding carboxylic acids is 1. The molecule has 0 radical (unpaired) electrons. The van der Waals surface area contributed by atoms with Crippen LogP contribution in [-0.4, -0.2) is 26.0 Å². The first-order valence-corrected chi connectivity index (χ1v) is 7.77. The van der Waals surface area contributed by atoms with Crippen LogP contribution in [0.3, 0.4) is 0 Å². The van der Waals surface area contributed by atoms with E-state index in [9.17, 15) is 4.79 Å². The minimum absolute atomic E-state index is 0.101. The lowest BCUT2D eigenvalue weighted by Crippen LogP contribution is -2.32. The molecule has 1 aliphatic rings. The van der Waals surface area contributed by atoms with Gasteiger partial charge in [-0.2, -0.15) is 0 Å². The Morgan fingerprint density at radius 3 is 2.50 bits per heavy atom. The molecule has 1 amide bonds. The summed E-state index contributed by atoms with van der Waals surface area (Å²) in [5.74, 6) is 0.101. The third kappa shape index (κ3) is 2.59. The summed E-state index contributed by atoms with van der Waals surface area (Å²) < 4.78 is 0. The van der Waals surface area contributed by atoms with Crippen LogP contribution in [0.4, 0.5) is 11.4 Å². The first kappa shape index (κ1) is 14.6. The summed E-state index contributed by atoms with van der Waals surface area (Å²) in [7, 11) is 2.09. The van der Waals surface area contributed by atoms with Gasteiger partial charge >= 0.3 is 0 Å². The molecule has 0 unspecified atom stereocenters. The highest BCUT2D eigenvalue weighted by Gasteiger charge is 2.24. The summed E-state index contributed by atoms with van der Waals surface area (Å²) in [5, 5.41) is 0. The highest BCUT2D eigenvalue weighted by Crippen LogP contribution is 2.32. The maximum atomic E-state index is 13.1. The number of hydrogen-bond acceptors (Lipinski definition) is 2. The standard InChI is InChI=1S/C19H22N2O/c1-14-9-10-15(2)16(13-14)19(22)21-12-6-11-20(3)17-7-4-5-8-18(17)21/h4-5,7-10,13H,6,11-12H2,1-3H3. The summed E-state index contributed by atoms with van der Waals surface area (Å²) in [4.78, 5) is 17.3. The van der Waals surface area contributed by atoms with Gasteiger partial charge in [0.15, 0.2) is 0 Å². The van der Waals surface area contributed by atoms with E-state index < -0.39 is 0 Å². The predicted molar refractivity (Wildman–Crippen MR) is 91.9 cm³/mol. The molecular formula is C19H22N2O. The quantitative estimate of drug-likeness (QED) is 0.799. The highest BCUT2D eigenvalue weighted by atomic mass is 16.2. The molecule has 22 heavy (non-hydrogen) atoms. The van der Waals surface area contributed by atoms with E-state index in [1.54, 1.807) is 0 Å². The lowest BCUT2D eigenvalue weighted by Gasteiger charge is -2.25. The van der Waals surface area contributed by atoms with Gasteiger partial charge in [0.2, 0.25) is 0 Å². The average Bonchev–Trinajstić information content (AvgIpc) is 2.69. The topological polar surface area (TPSA) is 23.6 Å². The van der Waals surface area contributed by atoms with Crippen LogP contribution in [-0.2, 0) is 0 Å². The fourth-order valence-electron chi connectivity index (χ4n) is 3.04. The van der Waals surface area contributed by atoms with Gasteiger partial charge in [0, 0.05) is 25.7 Å². The Balaban J connectivity index is 2.05. The van der Waals surface area contributed by atoms with Gasteiger partial charge in [0.1, 0.15) is 0 Å². The van der Waals surface area contributed by atoms with Gasteiger partial charge in [-0.3, -0.25) is 4.79 Å². The zero-order valence-corrected chi connectivity index (χ0v) is 13.5. The molecule has 0 N–H and O–H groups in total. The molecule has 3 rings (SSSR count). The maximum Gasteiger partial charge on any atom is 0.258 e. The van der Waals surface area contributed by atoms with Crippen LogP contribution in [0, 0.1) is 13.8 Å². The number of para-hydroxylation sites is 2. The number of fused-ring (bicyclic) bond motifs is 1. The molecule has 3 nitrogen and oxygen atoms in total. The number of carbonyl (C=O) groups is 1. The van der Waals surface area contributed by atoms with Crippen LogP contribution in [0.15, 0.2) is 42.5 Å². The highest BCUT2D eigenvalue weighted by molar-refractivity contribution is 6.08. The average molecular weight is 294 g/mol. The van der Waals surface area contributed by atoms with Crippen molar-refractivity contribution in [3.05, 3.63) is 59.2 Å².